The molecule has 0 aliphatic carbocycles. The highest BCUT2D eigenvalue weighted by Gasteiger charge is 2.34. The van der Waals surface area contributed by atoms with E-state index >= 15 is 0 Å². The fraction of sp³-hybridized carbons (Fsp3) is 0.533. The highest BCUT2D eigenvalue weighted by atomic mass is 19.4. The molecule has 0 aromatic heterocycles. The molecule has 0 N–H and O–H groups in total. The summed E-state index contributed by atoms with van der Waals surface area (Å²) in [6.07, 6.45) is -4.49. The fourth-order valence-corrected chi connectivity index (χ4v) is 1.81. The molecule has 0 aliphatic rings. The molecule has 0 spiro atoms. The van der Waals surface area contributed by atoms with E-state index in [-0.39, 0.29) is 12.3 Å². The van der Waals surface area contributed by atoms with Crippen LogP contribution in [0.4, 0.5) is 17.6 Å². The van der Waals surface area contributed by atoms with Crippen LogP contribution in [-0.2, 0) is 4.79 Å². The molecular weight excluding hydrogens is 302 g/mol. The van der Waals surface area contributed by atoms with Crippen molar-refractivity contribution in [2.75, 3.05) is 19.7 Å². The molecule has 0 radical (unpaired) electrons. The number of carbonyl (C=O) groups is 1. The first kappa shape index (κ1) is 18.3. The van der Waals surface area contributed by atoms with Gasteiger partial charge in [0, 0.05) is 12.6 Å². The van der Waals surface area contributed by atoms with Gasteiger partial charge < -0.3 is 9.64 Å². The minimum atomic E-state index is -4.49. The Morgan fingerprint density at radius 1 is 1.18 bits per heavy atom. The van der Waals surface area contributed by atoms with E-state index in [0.717, 1.165) is 6.07 Å². The van der Waals surface area contributed by atoms with Gasteiger partial charge in [0.2, 0.25) is 0 Å². The summed E-state index contributed by atoms with van der Waals surface area (Å²) in [7, 11) is 0. The highest BCUT2D eigenvalue weighted by Crippen LogP contribution is 2.21. The van der Waals surface area contributed by atoms with E-state index < -0.39 is 36.5 Å². The Morgan fingerprint density at radius 3 is 2.32 bits per heavy atom. The van der Waals surface area contributed by atoms with Gasteiger partial charge in [-0.1, -0.05) is 26.8 Å². The van der Waals surface area contributed by atoms with E-state index in [1.165, 1.54) is 18.2 Å². The SMILES string of the molecule is CC(C)(C)CN(CC(F)(F)F)C(=O)COc1cccc(F)c1. The molecule has 1 aromatic rings. The maximum Gasteiger partial charge on any atom is 0.406 e. The molecule has 1 amide bonds. The molecular formula is C15H19F4NO2. The molecule has 0 unspecified atom stereocenters. The van der Waals surface area contributed by atoms with Gasteiger partial charge in [-0.05, 0) is 17.5 Å². The summed E-state index contributed by atoms with van der Waals surface area (Å²) in [5.74, 6) is -1.25. The zero-order chi connectivity index (χ0) is 17.0. The van der Waals surface area contributed by atoms with Crippen LogP contribution < -0.4 is 4.74 Å². The van der Waals surface area contributed by atoms with Crippen LogP contribution in [0.3, 0.4) is 0 Å². The van der Waals surface area contributed by atoms with E-state index in [1.54, 1.807) is 20.8 Å². The van der Waals surface area contributed by atoms with Crippen LogP contribution >= 0.6 is 0 Å². The summed E-state index contributed by atoms with van der Waals surface area (Å²) in [5.41, 5.74) is -0.486. The molecule has 1 aromatic carbocycles. The van der Waals surface area contributed by atoms with Crippen molar-refractivity contribution in [3.05, 3.63) is 30.1 Å². The van der Waals surface area contributed by atoms with Gasteiger partial charge in [-0.15, -0.1) is 0 Å². The van der Waals surface area contributed by atoms with Crippen LogP contribution in [0.1, 0.15) is 20.8 Å². The van der Waals surface area contributed by atoms with E-state index in [2.05, 4.69) is 0 Å². The number of ether oxygens (including phenoxy) is 1. The summed E-state index contributed by atoms with van der Waals surface area (Å²) in [5, 5.41) is 0. The number of rotatable bonds is 5. The maximum atomic E-state index is 13.0. The molecule has 22 heavy (non-hydrogen) atoms. The molecule has 1 rings (SSSR count). The number of benzene rings is 1. The fourth-order valence-electron chi connectivity index (χ4n) is 1.81. The molecule has 0 saturated heterocycles. The van der Waals surface area contributed by atoms with Crippen molar-refractivity contribution in [2.45, 2.75) is 26.9 Å². The molecule has 7 heteroatoms. The Kier molecular flexibility index (Phi) is 5.79. The molecule has 0 fully saturated rings. The molecule has 0 aliphatic heterocycles. The number of hydrogen-bond acceptors (Lipinski definition) is 2. The van der Waals surface area contributed by atoms with Crippen molar-refractivity contribution >= 4 is 5.91 Å². The standard InChI is InChI=1S/C15H19F4NO2/c1-14(2,3)9-20(10-15(17,18)19)13(21)8-22-12-6-4-5-11(16)7-12/h4-7H,8-10H2,1-3H3. The lowest BCUT2D eigenvalue weighted by atomic mass is 9.96. The van der Waals surface area contributed by atoms with E-state index in [0.29, 0.717) is 4.90 Å². The second-order valence-corrected chi connectivity index (χ2v) is 6.17. The number of nitrogens with zero attached hydrogens (tertiary/aromatic N) is 1. The zero-order valence-electron chi connectivity index (χ0n) is 12.7. The lowest BCUT2D eigenvalue weighted by Crippen LogP contribution is -2.45. The third-order valence-corrected chi connectivity index (χ3v) is 2.55. The third kappa shape index (κ3) is 7.28. The molecule has 0 bridgehead atoms. The Bertz CT molecular complexity index is 493. The summed E-state index contributed by atoms with van der Waals surface area (Å²) in [6.45, 7) is 3.23. The van der Waals surface area contributed by atoms with Crippen molar-refractivity contribution in [1.29, 1.82) is 0 Å². The van der Waals surface area contributed by atoms with Gasteiger partial charge in [-0.3, -0.25) is 4.79 Å². The number of halogens is 4. The van der Waals surface area contributed by atoms with Gasteiger partial charge in [0.1, 0.15) is 18.1 Å². The number of carbonyl (C=O) groups excluding carboxylic acids is 1. The van der Waals surface area contributed by atoms with Gasteiger partial charge >= 0.3 is 6.18 Å². The van der Waals surface area contributed by atoms with Crippen LogP contribution in [0, 0.1) is 11.2 Å². The summed E-state index contributed by atoms with van der Waals surface area (Å²) >= 11 is 0. The number of alkyl halides is 3. The largest absolute Gasteiger partial charge is 0.484 e. The normalized spacial score (nSPS) is 12.1. The predicted molar refractivity (Wildman–Crippen MR) is 74.0 cm³/mol. The second-order valence-electron chi connectivity index (χ2n) is 6.17. The van der Waals surface area contributed by atoms with Crippen LogP contribution in [0.15, 0.2) is 24.3 Å². The summed E-state index contributed by atoms with van der Waals surface area (Å²) in [6, 6.07) is 5.07. The smallest absolute Gasteiger partial charge is 0.406 e. The maximum absolute atomic E-state index is 13.0. The van der Waals surface area contributed by atoms with Gasteiger partial charge in [0.15, 0.2) is 6.61 Å². The Balaban J connectivity index is 2.70. The van der Waals surface area contributed by atoms with Crippen molar-refractivity contribution in [3.63, 3.8) is 0 Å². The summed E-state index contributed by atoms with van der Waals surface area (Å²) in [4.78, 5) is 12.7. The van der Waals surface area contributed by atoms with Gasteiger partial charge in [-0.2, -0.15) is 13.2 Å². The van der Waals surface area contributed by atoms with Crippen molar-refractivity contribution < 1.29 is 27.1 Å². The Hall–Kier alpha value is -1.79. The predicted octanol–water partition coefficient (Wildman–Crippen LogP) is 3.64. The van der Waals surface area contributed by atoms with Crippen LogP contribution in [-0.4, -0.2) is 36.7 Å². The average molecular weight is 321 g/mol. The third-order valence-electron chi connectivity index (χ3n) is 2.55. The first-order valence-corrected chi connectivity index (χ1v) is 6.69. The molecule has 0 heterocycles. The minimum Gasteiger partial charge on any atom is -0.484 e. The quantitative estimate of drug-likeness (QED) is 0.775. The van der Waals surface area contributed by atoms with Gasteiger partial charge in [0.05, 0.1) is 0 Å². The van der Waals surface area contributed by atoms with Crippen LogP contribution in [0.25, 0.3) is 0 Å². The van der Waals surface area contributed by atoms with E-state index in [1.807, 2.05) is 0 Å². The van der Waals surface area contributed by atoms with E-state index in [4.69, 9.17) is 4.74 Å². The van der Waals surface area contributed by atoms with Crippen molar-refractivity contribution in [2.24, 2.45) is 5.41 Å². The topological polar surface area (TPSA) is 29.5 Å². The van der Waals surface area contributed by atoms with Gasteiger partial charge in [0.25, 0.3) is 5.91 Å². The van der Waals surface area contributed by atoms with Gasteiger partial charge in [-0.25, -0.2) is 4.39 Å². The Labute approximate surface area is 126 Å². The van der Waals surface area contributed by atoms with Crippen LogP contribution in [0.5, 0.6) is 5.75 Å². The van der Waals surface area contributed by atoms with E-state index in [9.17, 15) is 22.4 Å². The first-order valence-electron chi connectivity index (χ1n) is 6.69. The second kappa shape index (κ2) is 6.98. The molecule has 0 saturated carbocycles. The number of amides is 1. The van der Waals surface area contributed by atoms with Crippen LogP contribution in [0.2, 0.25) is 0 Å². The highest BCUT2D eigenvalue weighted by molar-refractivity contribution is 5.77. The lowest BCUT2D eigenvalue weighted by Gasteiger charge is -2.30. The molecule has 3 nitrogen and oxygen atoms in total. The lowest BCUT2D eigenvalue weighted by molar-refractivity contribution is -0.164. The van der Waals surface area contributed by atoms with Crippen molar-refractivity contribution in [1.82, 2.24) is 4.90 Å². The first-order chi connectivity index (χ1) is 9.96. The number of hydrogen-bond donors (Lipinski definition) is 0. The average Bonchev–Trinajstić information content (AvgIpc) is 2.31. The Morgan fingerprint density at radius 2 is 1.82 bits per heavy atom. The molecule has 124 valence electrons. The monoisotopic (exact) mass is 321 g/mol. The molecule has 0 atom stereocenters. The minimum absolute atomic E-state index is 0.0577. The zero-order valence-corrected chi connectivity index (χ0v) is 12.7. The van der Waals surface area contributed by atoms with Crippen molar-refractivity contribution in [3.8, 4) is 5.75 Å². The summed E-state index contributed by atoms with van der Waals surface area (Å²) < 4.78 is 55.8.